The average Bonchev–Trinajstić information content (AvgIpc) is 3.39. The number of aromatic amines is 1. The Morgan fingerprint density at radius 2 is 2.16 bits per heavy atom. The van der Waals surface area contributed by atoms with Crippen LogP contribution in [0.25, 0.3) is 10.9 Å². The van der Waals surface area contributed by atoms with Gasteiger partial charge in [0, 0.05) is 29.2 Å². The lowest BCUT2D eigenvalue weighted by Gasteiger charge is -2.24. The van der Waals surface area contributed by atoms with E-state index in [0.717, 1.165) is 17.3 Å². The maximum atomic E-state index is 13.0. The molecule has 1 atom stereocenters. The van der Waals surface area contributed by atoms with Gasteiger partial charge in [-0.25, -0.2) is 0 Å². The molecule has 0 unspecified atom stereocenters. The zero-order chi connectivity index (χ0) is 17.2. The highest BCUT2D eigenvalue weighted by molar-refractivity contribution is 6.07. The number of fused-ring (bicyclic) bond motifs is 1. The molecule has 3 aromatic rings. The highest BCUT2D eigenvalue weighted by atomic mass is 16.3. The number of hydrogen-bond donors (Lipinski definition) is 2. The second kappa shape index (κ2) is 6.47. The van der Waals surface area contributed by atoms with Crippen LogP contribution in [-0.4, -0.2) is 34.3 Å². The van der Waals surface area contributed by atoms with Crippen molar-refractivity contribution in [3.63, 3.8) is 0 Å². The number of likely N-dealkylation sites (tertiary alicyclic amines) is 1. The first-order chi connectivity index (χ1) is 12.2. The lowest BCUT2D eigenvalue weighted by Crippen LogP contribution is -2.45. The molecule has 2 aromatic heterocycles. The Bertz CT molecular complexity index is 898. The van der Waals surface area contributed by atoms with Crippen molar-refractivity contribution >= 4 is 22.7 Å². The molecule has 128 valence electrons. The van der Waals surface area contributed by atoms with Crippen molar-refractivity contribution < 1.29 is 14.0 Å². The van der Waals surface area contributed by atoms with E-state index in [2.05, 4.69) is 10.3 Å². The van der Waals surface area contributed by atoms with Crippen molar-refractivity contribution in [2.24, 2.45) is 0 Å². The molecule has 2 N–H and O–H groups in total. The quantitative estimate of drug-likeness (QED) is 0.768. The first-order valence-electron chi connectivity index (χ1n) is 8.41. The lowest BCUT2D eigenvalue weighted by atomic mass is 10.1. The monoisotopic (exact) mass is 337 g/mol. The number of rotatable bonds is 4. The largest absolute Gasteiger partial charge is 0.467 e. The first kappa shape index (κ1) is 15.5. The number of nitrogens with one attached hydrogen (secondary N) is 2. The molecule has 1 aromatic carbocycles. The summed E-state index contributed by atoms with van der Waals surface area (Å²) in [6.07, 6.45) is 4.90. The van der Waals surface area contributed by atoms with Gasteiger partial charge in [-0.2, -0.15) is 0 Å². The summed E-state index contributed by atoms with van der Waals surface area (Å²) in [6, 6.07) is 10.7. The van der Waals surface area contributed by atoms with Gasteiger partial charge in [-0.15, -0.1) is 0 Å². The minimum atomic E-state index is -0.434. The Balaban J connectivity index is 1.51. The summed E-state index contributed by atoms with van der Waals surface area (Å²) in [5.41, 5.74) is 1.55. The van der Waals surface area contributed by atoms with Crippen LogP contribution in [-0.2, 0) is 11.3 Å². The van der Waals surface area contributed by atoms with Gasteiger partial charge in [-0.05, 0) is 43.2 Å². The number of H-pyrrole nitrogens is 1. The van der Waals surface area contributed by atoms with Gasteiger partial charge in [0.15, 0.2) is 0 Å². The Hall–Kier alpha value is -3.02. The zero-order valence-electron chi connectivity index (χ0n) is 13.7. The minimum Gasteiger partial charge on any atom is -0.467 e. The molecule has 3 heterocycles. The Morgan fingerprint density at radius 3 is 3.00 bits per heavy atom. The molecule has 0 radical (unpaired) electrons. The molecule has 0 bridgehead atoms. The second-order valence-corrected chi connectivity index (χ2v) is 6.20. The number of aromatic nitrogens is 1. The maximum Gasteiger partial charge on any atom is 0.255 e. The first-order valence-corrected chi connectivity index (χ1v) is 8.41. The Labute approximate surface area is 144 Å². The smallest absolute Gasteiger partial charge is 0.255 e. The van der Waals surface area contributed by atoms with Crippen LogP contribution in [0, 0.1) is 0 Å². The molecule has 0 saturated carbocycles. The van der Waals surface area contributed by atoms with Gasteiger partial charge in [-0.1, -0.05) is 6.07 Å². The van der Waals surface area contributed by atoms with E-state index < -0.39 is 6.04 Å². The molecule has 1 saturated heterocycles. The van der Waals surface area contributed by atoms with E-state index in [1.54, 1.807) is 17.2 Å². The van der Waals surface area contributed by atoms with Crippen molar-refractivity contribution in [1.82, 2.24) is 15.2 Å². The average molecular weight is 337 g/mol. The molecule has 1 aliphatic rings. The van der Waals surface area contributed by atoms with Crippen LogP contribution < -0.4 is 5.32 Å². The van der Waals surface area contributed by atoms with Crippen LogP contribution in [0.15, 0.2) is 53.3 Å². The van der Waals surface area contributed by atoms with Crippen molar-refractivity contribution in [1.29, 1.82) is 0 Å². The third-order valence-corrected chi connectivity index (χ3v) is 4.66. The van der Waals surface area contributed by atoms with Gasteiger partial charge in [0.1, 0.15) is 11.8 Å². The molecule has 4 rings (SSSR count). The molecule has 0 aliphatic carbocycles. The SMILES string of the molecule is O=C(NCc1ccco1)[C@H]1CCCN1C(=O)c1cccc2[nH]ccc12. The standard InChI is InChI=1S/C19H19N3O3/c23-18(21-12-13-4-3-11-25-13)17-7-2-10-22(17)19(24)15-5-1-6-16-14(15)8-9-20-16/h1,3-6,8-9,11,17,20H,2,7,10,12H2,(H,21,23)/t17-/m1/s1. The Kier molecular flexibility index (Phi) is 4.01. The fraction of sp³-hybridized carbons (Fsp3) is 0.263. The minimum absolute atomic E-state index is 0.0964. The third-order valence-electron chi connectivity index (χ3n) is 4.66. The summed E-state index contributed by atoms with van der Waals surface area (Å²) in [7, 11) is 0. The van der Waals surface area contributed by atoms with Gasteiger partial charge in [0.2, 0.25) is 5.91 Å². The van der Waals surface area contributed by atoms with Crippen LogP contribution in [0.1, 0.15) is 29.0 Å². The van der Waals surface area contributed by atoms with E-state index in [1.807, 2.05) is 36.5 Å². The van der Waals surface area contributed by atoms with Crippen LogP contribution in [0.5, 0.6) is 0 Å². The fourth-order valence-corrected chi connectivity index (χ4v) is 3.41. The number of benzene rings is 1. The predicted molar refractivity (Wildman–Crippen MR) is 92.9 cm³/mol. The molecule has 6 heteroatoms. The third kappa shape index (κ3) is 2.91. The molecule has 1 fully saturated rings. The highest BCUT2D eigenvalue weighted by Gasteiger charge is 2.35. The molecule has 25 heavy (non-hydrogen) atoms. The number of amides is 2. The highest BCUT2D eigenvalue weighted by Crippen LogP contribution is 2.24. The molecular weight excluding hydrogens is 318 g/mol. The normalized spacial score (nSPS) is 17.1. The maximum absolute atomic E-state index is 13.0. The van der Waals surface area contributed by atoms with E-state index in [9.17, 15) is 9.59 Å². The van der Waals surface area contributed by atoms with E-state index in [4.69, 9.17) is 4.42 Å². The number of hydrogen-bond acceptors (Lipinski definition) is 3. The summed E-state index contributed by atoms with van der Waals surface area (Å²) < 4.78 is 5.23. The van der Waals surface area contributed by atoms with Crippen LogP contribution >= 0.6 is 0 Å². The van der Waals surface area contributed by atoms with E-state index in [0.29, 0.717) is 30.8 Å². The zero-order valence-corrected chi connectivity index (χ0v) is 13.7. The summed E-state index contributed by atoms with van der Waals surface area (Å²) in [5, 5.41) is 3.75. The van der Waals surface area contributed by atoms with Gasteiger partial charge in [-0.3, -0.25) is 9.59 Å². The van der Waals surface area contributed by atoms with Gasteiger partial charge in [0.05, 0.1) is 12.8 Å². The van der Waals surface area contributed by atoms with Gasteiger partial charge < -0.3 is 19.6 Å². The Morgan fingerprint density at radius 1 is 1.24 bits per heavy atom. The van der Waals surface area contributed by atoms with Gasteiger partial charge in [0.25, 0.3) is 5.91 Å². The number of nitrogens with zero attached hydrogens (tertiary/aromatic N) is 1. The summed E-state index contributed by atoms with van der Waals surface area (Å²) in [4.78, 5) is 30.4. The van der Waals surface area contributed by atoms with Crippen molar-refractivity contribution in [2.75, 3.05) is 6.54 Å². The van der Waals surface area contributed by atoms with Gasteiger partial charge >= 0.3 is 0 Å². The van der Waals surface area contributed by atoms with Crippen molar-refractivity contribution in [3.8, 4) is 0 Å². The number of carbonyl (C=O) groups is 2. The summed E-state index contributed by atoms with van der Waals surface area (Å²) in [6.45, 7) is 0.927. The van der Waals surface area contributed by atoms with Crippen LogP contribution in [0.4, 0.5) is 0 Å². The molecule has 0 spiro atoms. The molecule has 6 nitrogen and oxygen atoms in total. The van der Waals surface area contributed by atoms with E-state index >= 15 is 0 Å². The summed E-state index contributed by atoms with van der Waals surface area (Å²) >= 11 is 0. The number of carbonyl (C=O) groups excluding carboxylic acids is 2. The fourth-order valence-electron chi connectivity index (χ4n) is 3.41. The van der Waals surface area contributed by atoms with Crippen molar-refractivity contribution in [2.45, 2.75) is 25.4 Å². The summed E-state index contributed by atoms with van der Waals surface area (Å²) in [5.74, 6) is 0.464. The molecule has 1 aliphatic heterocycles. The predicted octanol–water partition coefficient (Wildman–Crippen LogP) is 2.68. The lowest BCUT2D eigenvalue weighted by molar-refractivity contribution is -0.125. The topological polar surface area (TPSA) is 78.3 Å². The van der Waals surface area contributed by atoms with Crippen molar-refractivity contribution in [3.05, 3.63) is 60.2 Å². The molecule has 2 amide bonds. The van der Waals surface area contributed by atoms with Crippen LogP contribution in [0.3, 0.4) is 0 Å². The molecular formula is C19H19N3O3. The van der Waals surface area contributed by atoms with Crippen LogP contribution in [0.2, 0.25) is 0 Å². The second-order valence-electron chi connectivity index (χ2n) is 6.20. The number of furan rings is 1. The van der Waals surface area contributed by atoms with E-state index in [1.165, 1.54) is 0 Å². The van der Waals surface area contributed by atoms with E-state index in [-0.39, 0.29) is 11.8 Å².